The summed E-state index contributed by atoms with van der Waals surface area (Å²) in [5.74, 6) is 1.87. The molecule has 2 aromatic heterocycles. The Morgan fingerprint density at radius 1 is 1.31 bits per heavy atom. The highest BCUT2D eigenvalue weighted by atomic mass is 16.5. The minimum atomic E-state index is 0.337. The van der Waals surface area contributed by atoms with Crippen molar-refractivity contribution in [2.24, 2.45) is 0 Å². The van der Waals surface area contributed by atoms with Gasteiger partial charge in [0.05, 0.1) is 0 Å². The van der Waals surface area contributed by atoms with Crippen LogP contribution in [0.15, 0.2) is 21.1 Å². The molecule has 0 aliphatic heterocycles. The van der Waals surface area contributed by atoms with Gasteiger partial charge in [-0.3, -0.25) is 0 Å². The second kappa shape index (κ2) is 2.65. The Morgan fingerprint density at radius 2 is 2.08 bits per heavy atom. The van der Waals surface area contributed by atoms with Crippen molar-refractivity contribution in [3.8, 4) is 11.5 Å². The minimum absolute atomic E-state index is 0.337. The smallest absolute Gasteiger partial charge is 0.225 e. The zero-order valence-corrected chi connectivity index (χ0v) is 7.50. The molecule has 2 aromatic rings. The molecule has 0 amide bonds. The van der Waals surface area contributed by atoms with E-state index in [1.54, 1.807) is 0 Å². The third kappa shape index (κ3) is 1.20. The second-order valence-corrected chi connectivity index (χ2v) is 2.93. The molecule has 4 heteroatoms. The Bertz CT molecular complexity index is 429. The van der Waals surface area contributed by atoms with E-state index in [0.717, 1.165) is 11.3 Å². The molecule has 0 aliphatic carbocycles. The number of rotatable bonds is 1. The molecule has 0 fully saturated rings. The van der Waals surface area contributed by atoms with Crippen LogP contribution in [-0.4, -0.2) is 5.16 Å². The van der Waals surface area contributed by atoms with Gasteiger partial charge in [-0.1, -0.05) is 5.16 Å². The van der Waals surface area contributed by atoms with Crippen molar-refractivity contribution in [2.45, 2.75) is 13.8 Å². The van der Waals surface area contributed by atoms with Crippen LogP contribution in [0, 0.1) is 13.8 Å². The Balaban J connectivity index is 2.52. The van der Waals surface area contributed by atoms with Gasteiger partial charge < -0.3 is 14.7 Å². The summed E-state index contributed by atoms with van der Waals surface area (Å²) < 4.78 is 10.2. The summed E-state index contributed by atoms with van der Waals surface area (Å²) in [7, 11) is 0. The summed E-state index contributed by atoms with van der Waals surface area (Å²) in [5.41, 5.74) is 7.00. The number of nitrogen functional groups attached to an aromatic ring is 1. The third-order valence-electron chi connectivity index (χ3n) is 1.93. The number of nitrogens with two attached hydrogens (primary N) is 1. The molecular formula is C9H10N2O2. The van der Waals surface area contributed by atoms with Crippen LogP contribution in [0.4, 0.5) is 5.88 Å². The minimum Gasteiger partial charge on any atom is -0.460 e. The standard InChI is InChI=1S/C9H10N2O2/c1-5-3-4-7(12-5)8-6(2)9(10)13-11-8/h3-4H,10H2,1-2H3. The van der Waals surface area contributed by atoms with Gasteiger partial charge in [-0.25, -0.2) is 0 Å². The van der Waals surface area contributed by atoms with Gasteiger partial charge in [-0.05, 0) is 26.0 Å². The van der Waals surface area contributed by atoms with Crippen LogP contribution in [0.5, 0.6) is 0 Å². The van der Waals surface area contributed by atoms with Crippen LogP contribution >= 0.6 is 0 Å². The first-order valence-corrected chi connectivity index (χ1v) is 3.97. The maximum atomic E-state index is 5.51. The van der Waals surface area contributed by atoms with Crippen molar-refractivity contribution in [3.05, 3.63) is 23.5 Å². The number of aromatic nitrogens is 1. The van der Waals surface area contributed by atoms with E-state index in [1.165, 1.54) is 0 Å². The van der Waals surface area contributed by atoms with Crippen molar-refractivity contribution in [1.29, 1.82) is 0 Å². The molecule has 2 rings (SSSR count). The molecular weight excluding hydrogens is 168 g/mol. The van der Waals surface area contributed by atoms with E-state index in [4.69, 9.17) is 14.7 Å². The molecule has 4 nitrogen and oxygen atoms in total. The van der Waals surface area contributed by atoms with Crippen molar-refractivity contribution in [1.82, 2.24) is 5.16 Å². The fraction of sp³-hybridized carbons (Fsp3) is 0.222. The number of anilines is 1. The van der Waals surface area contributed by atoms with Crippen molar-refractivity contribution in [3.63, 3.8) is 0 Å². The maximum absolute atomic E-state index is 5.51. The van der Waals surface area contributed by atoms with Gasteiger partial charge in [0.1, 0.15) is 5.76 Å². The number of hydrogen-bond acceptors (Lipinski definition) is 4. The average molecular weight is 178 g/mol. The SMILES string of the molecule is Cc1ccc(-c2noc(N)c2C)o1. The van der Waals surface area contributed by atoms with Crippen molar-refractivity contribution >= 4 is 5.88 Å². The van der Waals surface area contributed by atoms with E-state index < -0.39 is 0 Å². The van der Waals surface area contributed by atoms with E-state index in [1.807, 2.05) is 26.0 Å². The van der Waals surface area contributed by atoms with Gasteiger partial charge in [0, 0.05) is 5.56 Å². The summed E-state index contributed by atoms with van der Waals surface area (Å²) in [6.07, 6.45) is 0. The lowest BCUT2D eigenvalue weighted by Gasteiger charge is -1.89. The molecule has 0 unspecified atom stereocenters. The van der Waals surface area contributed by atoms with E-state index in [2.05, 4.69) is 5.16 Å². The number of furan rings is 1. The first-order chi connectivity index (χ1) is 6.18. The number of nitrogens with zero attached hydrogens (tertiary/aromatic N) is 1. The van der Waals surface area contributed by atoms with E-state index in [0.29, 0.717) is 17.3 Å². The van der Waals surface area contributed by atoms with Crippen molar-refractivity contribution in [2.75, 3.05) is 5.73 Å². The van der Waals surface area contributed by atoms with Gasteiger partial charge in [-0.15, -0.1) is 0 Å². The first-order valence-electron chi connectivity index (χ1n) is 3.97. The highest BCUT2D eigenvalue weighted by Crippen LogP contribution is 2.27. The number of aryl methyl sites for hydroxylation is 1. The lowest BCUT2D eigenvalue weighted by molar-refractivity contribution is 0.434. The molecule has 0 saturated carbocycles. The van der Waals surface area contributed by atoms with Crippen LogP contribution in [0.3, 0.4) is 0 Å². The summed E-state index contributed by atoms with van der Waals surface area (Å²) in [4.78, 5) is 0. The van der Waals surface area contributed by atoms with E-state index >= 15 is 0 Å². The maximum Gasteiger partial charge on any atom is 0.225 e. The fourth-order valence-corrected chi connectivity index (χ4v) is 1.14. The van der Waals surface area contributed by atoms with Gasteiger partial charge in [0.2, 0.25) is 5.88 Å². The Kier molecular flexibility index (Phi) is 1.62. The molecule has 0 bridgehead atoms. The molecule has 0 saturated heterocycles. The van der Waals surface area contributed by atoms with Gasteiger partial charge >= 0.3 is 0 Å². The number of hydrogen-bond donors (Lipinski definition) is 1. The first kappa shape index (κ1) is 7.91. The fourth-order valence-electron chi connectivity index (χ4n) is 1.14. The monoisotopic (exact) mass is 178 g/mol. The molecule has 0 radical (unpaired) electrons. The predicted octanol–water partition coefficient (Wildman–Crippen LogP) is 2.13. The highest BCUT2D eigenvalue weighted by molar-refractivity contribution is 5.61. The molecule has 2 heterocycles. The summed E-state index contributed by atoms with van der Waals surface area (Å²) >= 11 is 0. The normalized spacial score (nSPS) is 10.6. The average Bonchev–Trinajstić information content (AvgIpc) is 2.62. The molecule has 2 N–H and O–H groups in total. The summed E-state index contributed by atoms with van der Waals surface area (Å²) in [6.45, 7) is 3.72. The van der Waals surface area contributed by atoms with Crippen LogP contribution in [0.25, 0.3) is 11.5 Å². The second-order valence-electron chi connectivity index (χ2n) is 2.93. The van der Waals surface area contributed by atoms with E-state index in [-0.39, 0.29) is 0 Å². The lowest BCUT2D eigenvalue weighted by Crippen LogP contribution is -1.83. The largest absolute Gasteiger partial charge is 0.460 e. The third-order valence-corrected chi connectivity index (χ3v) is 1.93. The Morgan fingerprint density at radius 3 is 2.54 bits per heavy atom. The summed E-state index contributed by atoms with van der Waals surface area (Å²) in [6, 6.07) is 3.72. The predicted molar refractivity (Wildman–Crippen MR) is 48.1 cm³/mol. The zero-order chi connectivity index (χ0) is 9.42. The quantitative estimate of drug-likeness (QED) is 0.726. The lowest BCUT2D eigenvalue weighted by atomic mass is 10.2. The van der Waals surface area contributed by atoms with E-state index in [9.17, 15) is 0 Å². The molecule has 0 spiro atoms. The van der Waals surface area contributed by atoms with Gasteiger partial charge in [-0.2, -0.15) is 0 Å². The van der Waals surface area contributed by atoms with Gasteiger partial charge in [0.15, 0.2) is 11.5 Å². The molecule has 0 aromatic carbocycles. The highest BCUT2D eigenvalue weighted by Gasteiger charge is 2.13. The van der Waals surface area contributed by atoms with Crippen molar-refractivity contribution < 1.29 is 8.94 Å². The topological polar surface area (TPSA) is 65.2 Å². The molecule has 13 heavy (non-hydrogen) atoms. The molecule has 0 atom stereocenters. The van der Waals surface area contributed by atoms with Crippen LogP contribution in [0.2, 0.25) is 0 Å². The Hall–Kier alpha value is -1.71. The summed E-state index contributed by atoms with van der Waals surface area (Å²) in [5, 5.41) is 3.81. The molecule has 0 aliphatic rings. The molecule has 68 valence electrons. The van der Waals surface area contributed by atoms with Crippen LogP contribution < -0.4 is 5.73 Å². The Labute approximate surface area is 75.3 Å². The van der Waals surface area contributed by atoms with Crippen LogP contribution in [-0.2, 0) is 0 Å². The van der Waals surface area contributed by atoms with Crippen LogP contribution in [0.1, 0.15) is 11.3 Å². The van der Waals surface area contributed by atoms with Gasteiger partial charge in [0.25, 0.3) is 0 Å². The zero-order valence-electron chi connectivity index (χ0n) is 7.50.